The number of anilines is 1. The average molecular weight is 339 g/mol. The van der Waals surface area contributed by atoms with Gasteiger partial charge in [0.15, 0.2) is 0 Å². The average Bonchev–Trinajstić information content (AvgIpc) is 2.85. The van der Waals surface area contributed by atoms with Crippen LogP contribution in [0.3, 0.4) is 0 Å². The molecule has 1 amide bonds. The second-order valence-electron chi connectivity index (χ2n) is 5.80. The third-order valence-electron chi connectivity index (χ3n) is 4.07. The Morgan fingerprint density at radius 1 is 1.16 bits per heavy atom. The molecule has 3 aromatic rings. The van der Waals surface area contributed by atoms with E-state index < -0.39 is 5.82 Å². The minimum Gasteiger partial charge on any atom is -0.323 e. The summed E-state index contributed by atoms with van der Waals surface area (Å²) in [6.45, 7) is 5.87. The van der Waals surface area contributed by atoms with Gasteiger partial charge in [0.05, 0.1) is 30.2 Å². The molecule has 0 atom stereocenters. The minimum atomic E-state index is -0.399. The highest BCUT2D eigenvalue weighted by atomic mass is 19.1. The van der Waals surface area contributed by atoms with Crippen molar-refractivity contribution in [3.05, 3.63) is 65.0 Å². The van der Waals surface area contributed by atoms with Crippen LogP contribution in [-0.2, 0) is 11.2 Å². The number of nitrogens with one attached hydrogen (secondary N) is 1. The summed E-state index contributed by atoms with van der Waals surface area (Å²) >= 11 is 0. The lowest BCUT2D eigenvalue weighted by Gasteiger charge is -2.07. The SMILES string of the molecule is Cc1nn(-c2ncc(NC(=O)Cc3ccccc3F)cn2)c(C)c1C. The normalized spacial score (nSPS) is 10.7. The molecular weight excluding hydrogens is 321 g/mol. The topological polar surface area (TPSA) is 72.7 Å². The zero-order valence-electron chi connectivity index (χ0n) is 14.2. The summed E-state index contributed by atoms with van der Waals surface area (Å²) in [6, 6.07) is 6.20. The van der Waals surface area contributed by atoms with Gasteiger partial charge in [0.25, 0.3) is 5.95 Å². The molecule has 0 aliphatic carbocycles. The summed E-state index contributed by atoms with van der Waals surface area (Å²) in [5.74, 6) is -0.298. The first kappa shape index (κ1) is 16.8. The number of benzene rings is 1. The standard InChI is InChI=1S/C18H18FN5O/c1-11-12(2)23-24(13(11)3)18-20-9-15(10-21-18)22-17(25)8-14-6-4-5-7-16(14)19/h4-7,9-10H,8H2,1-3H3,(H,22,25). The minimum absolute atomic E-state index is 0.0505. The lowest BCUT2D eigenvalue weighted by Crippen LogP contribution is -2.16. The summed E-state index contributed by atoms with van der Waals surface area (Å²) in [4.78, 5) is 20.5. The molecule has 0 unspecified atom stereocenters. The van der Waals surface area contributed by atoms with Crippen molar-refractivity contribution in [2.75, 3.05) is 5.32 Å². The van der Waals surface area contributed by atoms with Crippen molar-refractivity contribution in [1.82, 2.24) is 19.7 Å². The second-order valence-corrected chi connectivity index (χ2v) is 5.80. The van der Waals surface area contributed by atoms with Crippen molar-refractivity contribution in [2.45, 2.75) is 27.2 Å². The molecule has 2 aromatic heterocycles. The number of carbonyl (C=O) groups is 1. The van der Waals surface area contributed by atoms with E-state index in [-0.39, 0.29) is 12.3 Å². The van der Waals surface area contributed by atoms with Gasteiger partial charge in [-0.3, -0.25) is 4.79 Å². The molecule has 6 nitrogen and oxygen atoms in total. The van der Waals surface area contributed by atoms with Gasteiger partial charge in [-0.1, -0.05) is 18.2 Å². The van der Waals surface area contributed by atoms with E-state index in [4.69, 9.17) is 0 Å². The molecule has 25 heavy (non-hydrogen) atoms. The molecule has 0 aliphatic heterocycles. The molecule has 3 rings (SSSR count). The Labute approximate surface area is 144 Å². The highest BCUT2D eigenvalue weighted by molar-refractivity contribution is 5.91. The summed E-state index contributed by atoms with van der Waals surface area (Å²) in [5.41, 5.74) is 3.77. The van der Waals surface area contributed by atoms with Gasteiger partial charge in [-0.05, 0) is 38.0 Å². The number of halogens is 1. The predicted octanol–water partition coefficient (Wildman–Crippen LogP) is 2.91. The van der Waals surface area contributed by atoms with Crippen molar-refractivity contribution in [1.29, 1.82) is 0 Å². The Balaban J connectivity index is 1.71. The zero-order chi connectivity index (χ0) is 18.0. The molecule has 0 bridgehead atoms. The molecule has 1 N–H and O–H groups in total. The summed E-state index contributed by atoms with van der Waals surface area (Å²) in [6.07, 6.45) is 2.96. The Morgan fingerprint density at radius 2 is 1.84 bits per heavy atom. The van der Waals surface area contributed by atoms with Crippen molar-refractivity contribution >= 4 is 11.6 Å². The van der Waals surface area contributed by atoms with Gasteiger partial charge in [0.1, 0.15) is 5.82 Å². The fourth-order valence-corrected chi connectivity index (χ4v) is 2.43. The van der Waals surface area contributed by atoms with Crippen LogP contribution >= 0.6 is 0 Å². The third-order valence-corrected chi connectivity index (χ3v) is 4.07. The summed E-state index contributed by atoms with van der Waals surface area (Å²) in [7, 11) is 0. The van der Waals surface area contributed by atoms with Crippen LogP contribution in [-0.4, -0.2) is 25.7 Å². The van der Waals surface area contributed by atoms with E-state index in [0.29, 0.717) is 17.2 Å². The molecule has 128 valence electrons. The smallest absolute Gasteiger partial charge is 0.250 e. The van der Waals surface area contributed by atoms with Crippen molar-refractivity contribution in [3.63, 3.8) is 0 Å². The van der Waals surface area contributed by atoms with E-state index in [1.807, 2.05) is 20.8 Å². The summed E-state index contributed by atoms with van der Waals surface area (Å²) in [5, 5.41) is 7.07. The highest BCUT2D eigenvalue weighted by Gasteiger charge is 2.12. The number of hydrogen-bond acceptors (Lipinski definition) is 4. The monoisotopic (exact) mass is 339 g/mol. The first-order valence-electron chi connectivity index (χ1n) is 7.84. The lowest BCUT2D eigenvalue weighted by molar-refractivity contribution is -0.115. The quantitative estimate of drug-likeness (QED) is 0.793. The maximum absolute atomic E-state index is 13.6. The number of aromatic nitrogens is 4. The van der Waals surface area contributed by atoms with Crippen LogP contribution in [0.5, 0.6) is 0 Å². The van der Waals surface area contributed by atoms with E-state index in [1.54, 1.807) is 22.9 Å². The van der Waals surface area contributed by atoms with E-state index in [0.717, 1.165) is 17.0 Å². The molecule has 1 aromatic carbocycles. The number of hydrogen-bond donors (Lipinski definition) is 1. The Hall–Kier alpha value is -3.09. The van der Waals surface area contributed by atoms with Crippen LogP contribution < -0.4 is 5.32 Å². The molecule has 0 radical (unpaired) electrons. The molecule has 0 saturated heterocycles. The number of amides is 1. The van der Waals surface area contributed by atoms with Crippen LogP contribution in [0.1, 0.15) is 22.5 Å². The van der Waals surface area contributed by atoms with Crippen LogP contribution in [0.2, 0.25) is 0 Å². The van der Waals surface area contributed by atoms with E-state index in [1.165, 1.54) is 18.5 Å². The summed E-state index contributed by atoms with van der Waals surface area (Å²) < 4.78 is 15.2. The molecule has 7 heteroatoms. The van der Waals surface area contributed by atoms with Gasteiger partial charge in [-0.15, -0.1) is 0 Å². The van der Waals surface area contributed by atoms with Crippen LogP contribution in [0.4, 0.5) is 10.1 Å². The molecule has 0 fully saturated rings. The van der Waals surface area contributed by atoms with Gasteiger partial charge >= 0.3 is 0 Å². The maximum Gasteiger partial charge on any atom is 0.250 e. The molecule has 0 aliphatic rings. The van der Waals surface area contributed by atoms with E-state index in [9.17, 15) is 9.18 Å². The fraction of sp³-hybridized carbons (Fsp3) is 0.222. The van der Waals surface area contributed by atoms with Crippen molar-refractivity contribution in [3.8, 4) is 5.95 Å². The molecule has 0 saturated carbocycles. The highest BCUT2D eigenvalue weighted by Crippen LogP contribution is 2.15. The number of rotatable bonds is 4. The van der Waals surface area contributed by atoms with Crippen LogP contribution in [0.25, 0.3) is 5.95 Å². The van der Waals surface area contributed by atoms with E-state index in [2.05, 4.69) is 20.4 Å². The first-order chi connectivity index (χ1) is 12.0. The van der Waals surface area contributed by atoms with Gasteiger partial charge in [0, 0.05) is 5.69 Å². The Morgan fingerprint density at radius 3 is 2.44 bits per heavy atom. The molecule has 0 spiro atoms. The predicted molar refractivity (Wildman–Crippen MR) is 92.1 cm³/mol. The van der Waals surface area contributed by atoms with Crippen LogP contribution in [0.15, 0.2) is 36.7 Å². The number of aryl methyl sites for hydroxylation is 1. The fourth-order valence-electron chi connectivity index (χ4n) is 2.43. The van der Waals surface area contributed by atoms with Gasteiger partial charge in [-0.2, -0.15) is 5.10 Å². The second kappa shape index (κ2) is 6.80. The molecular formula is C18H18FN5O. The maximum atomic E-state index is 13.6. The first-order valence-corrected chi connectivity index (χ1v) is 7.84. The van der Waals surface area contributed by atoms with Crippen LogP contribution in [0, 0.1) is 26.6 Å². The number of carbonyl (C=O) groups excluding carboxylic acids is 1. The van der Waals surface area contributed by atoms with Crippen molar-refractivity contribution in [2.24, 2.45) is 0 Å². The Bertz CT molecular complexity index is 918. The lowest BCUT2D eigenvalue weighted by atomic mass is 10.1. The van der Waals surface area contributed by atoms with E-state index >= 15 is 0 Å². The zero-order valence-corrected chi connectivity index (χ0v) is 14.2. The number of nitrogens with zero attached hydrogens (tertiary/aromatic N) is 4. The van der Waals surface area contributed by atoms with Gasteiger partial charge in [-0.25, -0.2) is 19.0 Å². The van der Waals surface area contributed by atoms with Crippen molar-refractivity contribution < 1.29 is 9.18 Å². The Kier molecular flexibility index (Phi) is 4.56. The third kappa shape index (κ3) is 3.55. The van der Waals surface area contributed by atoms with Gasteiger partial charge in [0.2, 0.25) is 5.91 Å². The largest absolute Gasteiger partial charge is 0.323 e. The van der Waals surface area contributed by atoms with Gasteiger partial charge < -0.3 is 5.32 Å². The molecule has 2 heterocycles.